The largest absolute Gasteiger partial charge is 0.490 e. The molecule has 1 aliphatic rings. The second-order valence-electron chi connectivity index (χ2n) is 5.15. The molecule has 0 amide bonds. The number of carbonyl (C=O) groups is 1. The van der Waals surface area contributed by atoms with Crippen LogP contribution >= 0.6 is 0 Å². The van der Waals surface area contributed by atoms with Gasteiger partial charge in [-0.25, -0.2) is 0 Å². The Morgan fingerprint density at radius 2 is 1.89 bits per heavy atom. The summed E-state index contributed by atoms with van der Waals surface area (Å²) >= 11 is 0. The molecule has 1 aliphatic heterocycles. The summed E-state index contributed by atoms with van der Waals surface area (Å²) in [5, 5.41) is 0. The summed E-state index contributed by atoms with van der Waals surface area (Å²) < 4.78 is 5.95. The minimum Gasteiger partial charge on any atom is -0.490 e. The van der Waals surface area contributed by atoms with Gasteiger partial charge in [0.15, 0.2) is 0 Å². The molecule has 98 valence electrons. The number of piperidine rings is 1. The van der Waals surface area contributed by atoms with E-state index in [1.54, 1.807) is 12.1 Å². The van der Waals surface area contributed by atoms with Crippen molar-refractivity contribution in [1.29, 1.82) is 0 Å². The first-order valence-corrected chi connectivity index (χ1v) is 6.59. The molecule has 1 saturated heterocycles. The topological polar surface area (TPSA) is 29.5 Å². The Morgan fingerprint density at radius 3 is 2.44 bits per heavy atom. The predicted octanol–water partition coefficient (Wildman–Crippen LogP) is 2.61. The lowest BCUT2D eigenvalue weighted by atomic mass is 9.92. The van der Waals surface area contributed by atoms with Crippen LogP contribution < -0.4 is 4.74 Å². The van der Waals surface area contributed by atoms with E-state index in [1.165, 1.54) is 12.8 Å². The monoisotopic (exact) mass is 247 g/mol. The van der Waals surface area contributed by atoms with Crippen LogP contribution in [0.1, 0.15) is 30.1 Å². The van der Waals surface area contributed by atoms with Crippen molar-refractivity contribution in [2.24, 2.45) is 5.92 Å². The summed E-state index contributed by atoms with van der Waals surface area (Å²) in [7, 11) is 2.17. The number of likely N-dealkylation sites (tertiary alicyclic amines) is 1. The average molecular weight is 247 g/mol. The standard InChI is InChI=1S/C15H21NO2/c1-12(14-7-9-16(2)10-8-14)18-15-5-3-13(11-17)4-6-15/h3-6,11-12,14H,7-10H2,1-2H3. The van der Waals surface area contributed by atoms with Crippen LogP contribution in [0, 0.1) is 5.92 Å². The second kappa shape index (κ2) is 6.01. The van der Waals surface area contributed by atoms with Crippen LogP contribution in [0.5, 0.6) is 5.75 Å². The molecule has 0 saturated carbocycles. The number of ether oxygens (including phenoxy) is 1. The fraction of sp³-hybridized carbons (Fsp3) is 0.533. The van der Waals surface area contributed by atoms with Gasteiger partial charge in [0, 0.05) is 5.56 Å². The smallest absolute Gasteiger partial charge is 0.150 e. The van der Waals surface area contributed by atoms with E-state index in [-0.39, 0.29) is 6.10 Å². The second-order valence-corrected chi connectivity index (χ2v) is 5.15. The van der Waals surface area contributed by atoms with Gasteiger partial charge in [-0.15, -0.1) is 0 Å². The Balaban J connectivity index is 1.89. The van der Waals surface area contributed by atoms with E-state index in [0.717, 1.165) is 25.1 Å². The van der Waals surface area contributed by atoms with Gasteiger partial charge >= 0.3 is 0 Å². The van der Waals surface area contributed by atoms with Crippen LogP contribution in [0.25, 0.3) is 0 Å². The van der Waals surface area contributed by atoms with E-state index in [4.69, 9.17) is 4.74 Å². The highest BCUT2D eigenvalue weighted by molar-refractivity contribution is 5.74. The van der Waals surface area contributed by atoms with Crippen LogP contribution in [0.4, 0.5) is 0 Å². The molecule has 3 heteroatoms. The zero-order valence-corrected chi connectivity index (χ0v) is 11.1. The van der Waals surface area contributed by atoms with E-state index in [1.807, 2.05) is 12.1 Å². The average Bonchev–Trinajstić information content (AvgIpc) is 2.40. The zero-order valence-electron chi connectivity index (χ0n) is 11.1. The Bertz CT molecular complexity index is 380. The molecule has 1 atom stereocenters. The molecule has 0 bridgehead atoms. The van der Waals surface area contributed by atoms with Crippen molar-refractivity contribution in [2.45, 2.75) is 25.9 Å². The molecule has 1 unspecified atom stereocenters. The van der Waals surface area contributed by atoms with Crippen molar-refractivity contribution in [1.82, 2.24) is 4.90 Å². The Labute approximate surface area is 109 Å². The quantitative estimate of drug-likeness (QED) is 0.766. The summed E-state index contributed by atoms with van der Waals surface area (Å²) in [6, 6.07) is 7.33. The van der Waals surface area contributed by atoms with E-state index in [0.29, 0.717) is 11.5 Å². The Kier molecular flexibility index (Phi) is 4.37. The number of carbonyl (C=O) groups excluding carboxylic acids is 1. The summed E-state index contributed by atoms with van der Waals surface area (Å²) in [5.74, 6) is 1.49. The molecule has 3 nitrogen and oxygen atoms in total. The van der Waals surface area contributed by atoms with Crippen molar-refractivity contribution in [3.63, 3.8) is 0 Å². The van der Waals surface area contributed by atoms with Gasteiger partial charge in [0.25, 0.3) is 0 Å². The maximum Gasteiger partial charge on any atom is 0.150 e. The molecule has 0 radical (unpaired) electrons. The minimum absolute atomic E-state index is 0.237. The van der Waals surface area contributed by atoms with Crippen molar-refractivity contribution in [2.75, 3.05) is 20.1 Å². The molecule has 0 aromatic heterocycles. The SMILES string of the molecule is CC(Oc1ccc(C=O)cc1)C1CCN(C)CC1. The predicted molar refractivity (Wildman–Crippen MR) is 72.1 cm³/mol. The number of hydrogen-bond acceptors (Lipinski definition) is 3. The number of hydrogen-bond donors (Lipinski definition) is 0. The number of aldehydes is 1. The molecule has 1 heterocycles. The van der Waals surface area contributed by atoms with Gasteiger partial charge < -0.3 is 9.64 Å². The van der Waals surface area contributed by atoms with Crippen LogP contribution in [0.2, 0.25) is 0 Å². The minimum atomic E-state index is 0.237. The van der Waals surface area contributed by atoms with Crippen LogP contribution in [-0.4, -0.2) is 37.4 Å². The van der Waals surface area contributed by atoms with E-state index < -0.39 is 0 Å². The van der Waals surface area contributed by atoms with Gasteiger partial charge in [0.05, 0.1) is 6.10 Å². The summed E-state index contributed by atoms with van der Waals surface area (Å²) in [6.07, 6.45) is 3.49. The van der Waals surface area contributed by atoms with Gasteiger partial charge in [0.1, 0.15) is 12.0 Å². The fourth-order valence-corrected chi connectivity index (χ4v) is 2.43. The zero-order chi connectivity index (χ0) is 13.0. The fourth-order valence-electron chi connectivity index (χ4n) is 2.43. The maximum atomic E-state index is 10.6. The summed E-state index contributed by atoms with van der Waals surface area (Å²) in [5.41, 5.74) is 0.689. The number of rotatable bonds is 4. The Hall–Kier alpha value is -1.35. The first-order chi connectivity index (χ1) is 8.69. The van der Waals surface area contributed by atoms with Crippen LogP contribution in [0.3, 0.4) is 0 Å². The van der Waals surface area contributed by atoms with Gasteiger partial charge in [-0.05, 0) is 70.1 Å². The molecular formula is C15H21NO2. The lowest BCUT2D eigenvalue weighted by molar-refractivity contribution is 0.0977. The Morgan fingerprint density at radius 1 is 1.28 bits per heavy atom. The number of benzene rings is 1. The van der Waals surface area contributed by atoms with E-state index in [9.17, 15) is 4.79 Å². The molecular weight excluding hydrogens is 226 g/mol. The molecule has 1 aromatic carbocycles. The third kappa shape index (κ3) is 3.33. The maximum absolute atomic E-state index is 10.6. The lowest BCUT2D eigenvalue weighted by Crippen LogP contribution is -2.36. The molecule has 0 spiro atoms. The molecule has 0 aliphatic carbocycles. The molecule has 1 aromatic rings. The molecule has 18 heavy (non-hydrogen) atoms. The van der Waals surface area contributed by atoms with Crippen LogP contribution in [0.15, 0.2) is 24.3 Å². The highest BCUT2D eigenvalue weighted by atomic mass is 16.5. The summed E-state index contributed by atoms with van der Waals surface area (Å²) in [4.78, 5) is 12.9. The molecule has 0 N–H and O–H groups in total. The van der Waals surface area contributed by atoms with Gasteiger partial charge in [-0.1, -0.05) is 0 Å². The van der Waals surface area contributed by atoms with E-state index in [2.05, 4.69) is 18.9 Å². The van der Waals surface area contributed by atoms with Gasteiger partial charge in [-0.2, -0.15) is 0 Å². The highest BCUT2D eigenvalue weighted by Crippen LogP contribution is 2.24. The first kappa shape index (κ1) is 13.1. The highest BCUT2D eigenvalue weighted by Gasteiger charge is 2.23. The molecule has 1 fully saturated rings. The summed E-state index contributed by atoms with van der Waals surface area (Å²) in [6.45, 7) is 4.45. The van der Waals surface area contributed by atoms with E-state index >= 15 is 0 Å². The van der Waals surface area contributed by atoms with Crippen LogP contribution in [-0.2, 0) is 0 Å². The lowest BCUT2D eigenvalue weighted by Gasteiger charge is -2.32. The van der Waals surface area contributed by atoms with Crippen molar-refractivity contribution < 1.29 is 9.53 Å². The van der Waals surface area contributed by atoms with Crippen molar-refractivity contribution >= 4 is 6.29 Å². The number of nitrogens with zero attached hydrogens (tertiary/aromatic N) is 1. The van der Waals surface area contributed by atoms with Crippen molar-refractivity contribution in [3.05, 3.63) is 29.8 Å². The van der Waals surface area contributed by atoms with Crippen molar-refractivity contribution in [3.8, 4) is 5.75 Å². The molecule has 2 rings (SSSR count). The first-order valence-electron chi connectivity index (χ1n) is 6.59. The van der Waals surface area contributed by atoms with Gasteiger partial charge in [0.2, 0.25) is 0 Å². The third-order valence-corrected chi connectivity index (χ3v) is 3.77. The normalized spacial score (nSPS) is 19.4. The van der Waals surface area contributed by atoms with Gasteiger partial charge in [-0.3, -0.25) is 4.79 Å². The third-order valence-electron chi connectivity index (χ3n) is 3.77.